The summed E-state index contributed by atoms with van der Waals surface area (Å²) in [6.07, 6.45) is 3.05. The molecule has 0 aromatic heterocycles. The predicted molar refractivity (Wildman–Crippen MR) is 86.8 cm³/mol. The molecule has 136 valence electrons. The number of amides is 2. The number of methoxy groups -OCH3 is 2. The third-order valence-electron chi connectivity index (χ3n) is 3.03. The van der Waals surface area contributed by atoms with Crippen LogP contribution in [0.25, 0.3) is 0 Å². The fraction of sp³-hybridized carbons (Fsp3) is 0.625. The molecule has 0 fully saturated rings. The van der Waals surface area contributed by atoms with E-state index in [4.69, 9.17) is 0 Å². The van der Waals surface area contributed by atoms with E-state index < -0.39 is 29.9 Å². The SMILES string of the molecule is COC(=O)/C=C/C[C@H](NC(=O)[C@H](CC(C)C)NC(C)=O)C(=O)OC. The van der Waals surface area contributed by atoms with Gasteiger partial charge in [0.1, 0.15) is 12.1 Å². The van der Waals surface area contributed by atoms with Crippen LogP contribution in [0.1, 0.15) is 33.6 Å². The van der Waals surface area contributed by atoms with Gasteiger partial charge < -0.3 is 20.1 Å². The van der Waals surface area contributed by atoms with Gasteiger partial charge in [0.15, 0.2) is 0 Å². The van der Waals surface area contributed by atoms with E-state index in [9.17, 15) is 19.2 Å². The zero-order chi connectivity index (χ0) is 18.7. The molecule has 8 heteroatoms. The maximum atomic E-state index is 12.3. The molecule has 0 aliphatic heterocycles. The van der Waals surface area contributed by atoms with Crippen molar-refractivity contribution < 1.29 is 28.7 Å². The average molecular weight is 342 g/mol. The third kappa shape index (κ3) is 8.92. The van der Waals surface area contributed by atoms with Crippen LogP contribution in [0.4, 0.5) is 0 Å². The Morgan fingerprint density at radius 1 is 1.00 bits per heavy atom. The van der Waals surface area contributed by atoms with Crippen molar-refractivity contribution in [2.24, 2.45) is 5.92 Å². The van der Waals surface area contributed by atoms with Crippen LogP contribution in [0.2, 0.25) is 0 Å². The van der Waals surface area contributed by atoms with E-state index >= 15 is 0 Å². The summed E-state index contributed by atoms with van der Waals surface area (Å²) in [5, 5.41) is 5.10. The van der Waals surface area contributed by atoms with Gasteiger partial charge >= 0.3 is 11.9 Å². The molecule has 2 N–H and O–H groups in total. The lowest BCUT2D eigenvalue weighted by atomic mass is 10.0. The minimum Gasteiger partial charge on any atom is -0.467 e. The minimum atomic E-state index is -0.966. The van der Waals surface area contributed by atoms with Gasteiger partial charge in [-0.2, -0.15) is 0 Å². The molecule has 0 rings (SSSR count). The van der Waals surface area contributed by atoms with Gasteiger partial charge in [0.25, 0.3) is 0 Å². The summed E-state index contributed by atoms with van der Waals surface area (Å²) in [5.74, 6) is -1.87. The van der Waals surface area contributed by atoms with E-state index in [1.165, 1.54) is 27.2 Å². The molecule has 0 aliphatic rings. The van der Waals surface area contributed by atoms with Crippen molar-refractivity contribution in [3.05, 3.63) is 12.2 Å². The van der Waals surface area contributed by atoms with Gasteiger partial charge in [-0.3, -0.25) is 9.59 Å². The summed E-state index contributed by atoms with van der Waals surface area (Å²) in [7, 11) is 2.43. The van der Waals surface area contributed by atoms with Gasteiger partial charge in [-0.15, -0.1) is 0 Å². The fourth-order valence-electron chi connectivity index (χ4n) is 1.95. The Labute approximate surface area is 141 Å². The summed E-state index contributed by atoms with van der Waals surface area (Å²) in [6.45, 7) is 5.15. The van der Waals surface area contributed by atoms with E-state index in [1.54, 1.807) is 0 Å². The van der Waals surface area contributed by atoms with Crippen LogP contribution >= 0.6 is 0 Å². The monoisotopic (exact) mass is 342 g/mol. The smallest absolute Gasteiger partial charge is 0.330 e. The standard InChI is InChI=1S/C16H26N2O6/c1-10(2)9-13(17-11(3)19)15(21)18-12(16(22)24-5)7-6-8-14(20)23-4/h6,8,10,12-13H,7,9H2,1-5H3,(H,17,19)(H,18,21)/b8-6+/t12-,13-/m0/s1. The van der Waals surface area contributed by atoms with Crippen molar-refractivity contribution in [3.63, 3.8) is 0 Å². The third-order valence-corrected chi connectivity index (χ3v) is 3.03. The molecule has 0 aromatic carbocycles. The molecule has 0 saturated carbocycles. The quantitative estimate of drug-likeness (QED) is 0.461. The molecule has 0 unspecified atom stereocenters. The Bertz CT molecular complexity index is 487. The topological polar surface area (TPSA) is 111 Å². The van der Waals surface area contributed by atoms with Gasteiger partial charge in [0, 0.05) is 13.0 Å². The lowest BCUT2D eigenvalue weighted by Gasteiger charge is -2.22. The number of ether oxygens (including phenoxy) is 2. The Morgan fingerprint density at radius 3 is 2.08 bits per heavy atom. The predicted octanol–water partition coefficient (Wildman–Crippen LogP) is 0.314. The number of hydrogen-bond acceptors (Lipinski definition) is 6. The molecule has 0 saturated heterocycles. The second kappa shape index (κ2) is 11.2. The first kappa shape index (κ1) is 21.6. The maximum Gasteiger partial charge on any atom is 0.330 e. The van der Waals surface area contributed by atoms with Crippen molar-refractivity contribution in [1.82, 2.24) is 10.6 Å². The Kier molecular flexibility index (Phi) is 10.1. The van der Waals surface area contributed by atoms with Crippen LogP contribution in [-0.2, 0) is 28.7 Å². The second-order valence-corrected chi connectivity index (χ2v) is 5.63. The van der Waals surface area contributed by atoms with Gasteiger partial charge in [0.05, 0.1) is 14.2 Å². The highest BCUT2D eigenvalue weighted by molar-refractivity contribution is 5.90. The van der Waals surface area contributed by atoms with Crippen molar-refractivity contribution in [3.8, 4) is 0 Å². The molecule has 0 radical (unpaired) electrons. The van der Waals surface area contributed by atoms with Crippen LogP contribution in [0.3, 0.4) is 0 Å². The largest absolute Gasteiger partial charge is 0.467 e. The van der Waals surface area contributed by atoms with Crippen molar-refractivity contribution >= 4 is 23.8 Å². The van der Waals surface area contributed by atoms with Crippen LogP contribution in [0.15, 0.2) is 12.2 Å². The summed E-state index contributed by atoms with van der Waals surface area (Å²) >= 11 is 0. The molecule has 2 atom stereocenters. The van der Waals surface area contributed by atoms with Crippen LogP contribution in [0.5, 0.6) is 0 Å². The molecule has 24 heavy (non-hydrogen) atoms. The molecule has 0 aliphatic carbocycles. The van der Waals surface area contributed by atoms with E-state index in [-0.39, 0.29) is 18.2 Å². The lowest BCUT2D eigenvalue weighted by Crippen LogP contribution is -2.51. The molecule has 0 bridgehead atoms. The molecule has 0 heterocycles. The van der Waals surface area contributed by atoms with E-state index in [2.05, 4.69) is 20.1 Å². The molecule has 2 amide bonds. The van der Waals surface area contributed by atoms with Crippen LogP contribution in [0, 0.1) is 5.92 Å². The first-order valence-electron chi connectivity index (χ1n) is 7.61. The number of carbonyl (C=O) groups excluding carboxylic acids is 4. The van der Waals surface area contributed by atoms with E-state index in [1.807, 2.05) is 13.8 Å². The number of carbonyl (C=O) groups is 4. The van der Waals surface area contributed by atoms with Crippen molar-refractivity contribution in [1.29, 1.82) is 0 Å². The Morgan fingerprint density at radius 2 is 1.62 bits per heavy atom. The highest BCUT2D eigenvalue weighted by Gasteiger charge is 2.26. The van der Waals surface area contributed by atoms with Gasteiger partial charge in [-0.1, -0.05) is 19.9 Å². The highest BCUT2D eigenvalue weighted by Crippen LogP contribution is 2.07. The Balaban J connectivity index is 4.98. The van der Waals surface area contributed by atoms with E-state index in [0.717, 1.165) is 6.08 Å². The normalized spacial score (nSPS) is 13.2. The zero-order valence-electron chi connectivity index (χ0n) is 14.8. The Hall–Kier alpha value is -2.38. The molecule has 0 aromatic rings. The summed E-state index contributed by atoms with van der Waals surface area (Å²) in [6, 6.07) is -1.72. The van der Waals surface area contributed by atoms with Gasteiger partial charge in [-0.05, 0) is 18.8 Å². The summed E-state index contributed by atoms with van der Waals surface area (Å²) in [5.41, 5.74) is 0. The number of rotatable bonds is 9. The first-order valence-corrected chi connectivity index (χ1v) is 7.61. The van der Waals surface area contributed by atoms with Gasteiger partial charge in [-0.25, -0.2) is 9.59 Å². The van der Waals surface area contributed by atoms with E-state index in [0.29, 0.717) is 6.42 Å². The molecule has 0 spiro atoms. The highest BCUT2D eigenvalue weighted by atomic mass is 16.5. The lowest BCUT2D eigenvalue weighted by molar-refractivity contribution is -0.145. The zero-order valence-corrected chi connectivity index (χ0v) is 14.8. The fourth-order valence-corrected chi connectivity index (χ4v) is 1.95. The van der Waals surface area contributed by atoms with Crippen LogP contribution in [-0.4, -0.2) is 50.1 Å². The summed E-state index contributed by atoms with van der Waals surface area (Å²) in [4.78, 5) is 46.4. The minimum absolute atomic E-state index is 0.0575. The number of nitrogens with one attached hydrogen (secondary N) is 2. The maximum absolute atomic E-state index is 12.3. The number of hydrogen-bond donors (Lipinski definition) is 2. The second-order valence-electron chi connectivity index (χ2n) is 5.63. The van der Waals surface area contributed by atoms with Crippen LogP contribution < -0.4 is 10.6 Å². The first-order chi connectivity index (χ1) is 11.2. The number of esters is 2. The van der Waals surface area contributed by atoms with Crippen molar-refractivity contribution in [2.45, 2.75) is 45.7 Å². The van der Waals surface area contributed by atoms with Crippen molar-refractivity contribution in [2.75, 3.05) is 14.2 Å². The summed E-state index contributed by atoms with van der Waals surface area (Å²) < 4.78 is 9.10. The van der Waals surface area contributed by atoms with Gasteiger partial charge in [0.2, 0.25) is 11.8 Å². The molecular formula is C16H26N2O6. The molecular weight excluding hydrogens is 316 g/mol. The average Bonchev–Trinajstić information content (AvgIpc) is 2.51. The molecule has 8 nitrogen and oxygen atoms in total.